The molecular weight excluding hydrogens is 404 g/mol. The first-order chi connectivity index (χ1) is 12.4. The van der Waals surface area contributed by atoms with Crippen molar-refractivity contribution in [2.45, 2.75) is 19.9 Å². The molecule has 2 aromatic rings. The Morgan fingerprint density at radius 1 is 1.19 bits per heavy atom. The van der Waals surface area contributed by atoms with E-state index < -0.39 is 11.7 Å². The zero-order chi connectivity index (χ0) is 19.3. The van der Waals surface area contributed by atoms with E-state index in [4.69, 9.17) is 30.1 Å². The van der Waals surface area contributed by atoms with Gasteiger partial charge in [-0.25, -0.2) is 4.79 Å². The summed E-state index contributed by atoms with van der Waals surface area (Å²) in [7, 11) is 1.57. The lowest BCUT2D eigenvalue weighted by Gasteiger charge is -2.18. The predicted octanol–water partition coefficient (Wildman–Crippen LogP) is 2.17. The summed E-state index contributed by atoms with van der Waals surface area (Å²) >= 11 is 3.50. The van der Waals surface area contributed by atoms with E-state index in [1.165, 1.54) is 0 Å². The molecule has 4 N–H and O–H groups in total. The third-order valence-electron chi connectivity index (χ3n) is 4.12. The average Bonchev–Trinajstić information content (AvgIpc) is 2.60. The van der Waals surface area contributed by atoms with Crippen LogP contribution >= 0.6 is 15.9 Å². The molecule has 7 nitrogen and oxygen atoms in total. The molecular formula is C18H25BrN2O5. The van der Waals surface area contributed by atoms with Crippen LogP contribution in [0, 0.1) is 13.8 Å². The van der Waals surface area contributed by atoms with Crippen LogP contribution in [-0.2, 0) is 9.47 Å². The zero-order valence-corrected chi connectivity index (χ0v) is 16.9. The van der Waals surface area contributed by atoms with Crippen molar-refractivity contribution in [3.63, 3.8) is 0 Å². The average molecular weight is 429 g/mol. The molecule has 0 spiro atoms. The number of nitrogens with two attached hydrogens (primary N) is 2. The predicted molar refractivity (Wildman–Crippen MR) is 104 cm³/mol. The minimum Gasteiger partial charge on any atom is -0.495 e. The minimum absolute atomic E-state index is 0.258. The first-order valence-electron chi connectivity index (χ1n) is 8.33. The molecule has 144 valence electrons. The lowest BCUT2D eigenvalue weighted by Crippen LogP contribution is -2.23. The van der Waals surface area contributed by atoms with Gasteiger partial charge >= 0.3 is 5.63 Å². The lowest BCUT2D eigenvalue weighted by atomic mass is 9.97. The van der Waals surface area contributed by atoms with E-state index in [0.717, 1.165) is 15.4 Å². The molecule has 0 radical (unpaired) electrons. The first kappa shape index (κ1) is 20.9. The fourth-order valence-electron chi connectivity index (χ4n) is 2.88. The van der Waals surface area contributed by atoms with Gasteiger partial charge in [0, 0.05) is 23.1 Å². The molecule has 26 heavy (non-hydrogen) atoms. The van der Waals surface area contributed by atoms with Gasteiger partial charge in [-0.15, -0.1) is 0 Å². The van der Waals surface area contributed by atoms with E-state index in [9.17, 15) is 4.79 Å². The molecule has 1 aromatic carbocycles. The SMILES string of the molecule is COc1c(Br)cc2c(C(N)COCCOCCN)c(C)c(=O)oc2c1C. The van der Waals surface area contributed by atoms with Gasteiger partial charge in [0.1, 0.15) is 11.3 Å². The fraction of sp³-hybridized carbons (Fsp3) is 0.500. The molecule has 0 saturated heterocycles. The van der Waals surface area contributed by atoms with E-state index >= 15 is 0 Å². The van der Waals surface area contributed by atoms with Crippen LogP contribution in [0.4, 0.5) is 0 Å². The Bertz CT molecular complexity index is 822. The Kier molecular flexibility index (Phi) is 7.60. The van der Waals surface area contributed by atoms with Crippen molar-refractivity contribution in [3.05, 3.63) is 37.6 Å². The summed E-state index contributed by atoms with van der Waals surface area (Å²) in [4.78, 5) is 12.3. The third kappa shape index (κ3) is 4.44. The monoisotopic (exact) mass is 428 g/mol. The van der Waals surface area contributed by atoms with Crippen LogP contribution < -0.4 is 21.8 Å². The largest absolute Gasteiger partial charge is 0.495 e. The molecule has 1 heterocycles. The Morgan fingerprint density at radius 2 is 1.88 bits per heavy atom. The van der Waals surface area contributed by atoms with Crippen molar-refractivity contribution in [2.75, 3.05) is 40.1 Å². The maximum atomic E-state index is 12.3. The summed E-state index contributed by atoms with van der Waals surface area (Å²) < 4.78 is 22.5. The van der Waals surface area contributed by atoms with E-state index in [1.807, 2.05) is 13.0 Å². The number of halogens is 1. The van der Waals surface area contributed by atoms with Crippen molar-refractivity contribution in [1.82, 2.24) is 0 Å². The highest BCUT2D eigenvalue weighted by Crippen LogP contribution is 2.37. The van der Waals surface area contributed by atoms with Crippen LogP contribution in [-0.4, -0.2) is 40.1 Å². The zero-order valence-electron chi connectivity index (χ0n) is 15.3. The van der Waals surface area contributed by atoms with Gasteiger partial charge in [-0.1, -0.05) is 0 Å². The van der Waals surface area contributed by atoms with Gasteiger partial charge in [-0.05, 0) is 41.4 Å². The van der Waals surface area contributed by atoms with Crippen LogP contribution in [0.3, 0.4) is 0 Å². The Hall–Kier alpha value is -1.45. The Balaban J connectivity index is 2.33. The third-order valence-corrected chi connectivity index (χ3v) is 4.70. The summed E-state index contributed by atoms with van der Waals surface area (Å²) in [6.07, 6.45) is 0. The molecule has 0 saturated carbocycles. The molecule has 1 unspecified atom stereocenters. The van der Waals surface area contributed by atoms with Gasteiger partial charge in [0.05, 0.1) is 44.1 Å². The number of ether oxygens (including phenoxy) is 3. The van der Waals surface area contributed by atoms with Crippen LogP contribution in [0.25, 0.3) is 11.0 Å². The van der Waals surface area contributed by atoms with Gasteiger partial charge in [-0.3, -0.25) is 0 Å². The topological polar surface area (TPSA) is 110 Å². The van der Waals surface area contributed by atoms with Crippen LogP contribution in [0.1, 0.15) is 22.7 Å². The van der Waals surface area contributed by atoms with Gasteiger partial charge in [0.2, 0.25) is 0 Å². The van der Waals surface area contributed by atoms with Crippen LogP contribution in [0.5, 0.6) is 5.75 Å². The highest BCUT2D eigenvalue weighted by atomic mass is 79.9. The number of benzene rings is 1. The molecule has 1 aromatic heterocycles. The van der Waals surface area contributed by atoms with Gasteiger partial charge in [-0.2, -0.15) is 0 Å². The van der Waals surface area contributed by atoms with Gasteiger partial charge in [0.15, 0.2) is 0 Å². The number of hydrogen-bond donors (Lipinski definition) is 2. The summed E-state index contributed by atoms with van der Waals surface area (Å²) in [5, 5.41) is 0.766. The maximum Gasteiger partial charge on any atom is 0.339 e. The quantitative estimate of drug-likeness (QED) is 0.464. The maximum absolute atomic E-state index is 12.3. The van der Waals surface area contributed by atoms with E-state index in [0.29, 0.717) is 48.8 Å². The second kappa shape index (κ2) is 9.48. The fourth-order valence-corrected chi connectivity index (χ4v) is 3.57. The Labute approximate surface area is 160 Å². The summed E-state index contributed by atoms with van der Waals surface area (Å²) in [6.45, 7) is 5.62. The number of hydrogen-bond acceptors (Lipinski definition) is 7. The molecule has 1 atom stereocenters. The van der Waals surface area contributed by atoms with E-state index in [2.05, 4.69) is 15.9 Å². The second-order valence-electron chi connectivity index (χ2n) is 5.90. The standard InChI is InChI=1S/C18H25BrN2O5/c1-10-15(14(21)9-25-7-6-24-5-4-20)12-8-13(19)17(23-3)11(2)16(12)26-18(10)22/h8,14H,4-7,9,20-21H2,1-3H3. The number of rotatable bonds is 9. The normalized spacial score (nSPS) is 12.5. The molecule has 0 aliphatic carbocycles. The second-order valence-corrected chi connectivity index (χ2v) is 6.76. The minimum atomic E-state index is -0.476. The Morgan fingerprint density at radius 3 is 2.54 bits per heavy atom. The van der Waals surface area contributed by atoms with Crippen molar-refractivity contribution in [1.29, 1.82) is 0 Å². The number of aryl methyl sites for hydroxylation is 1. The molecule has 0 aliphatic rings. The van der Waals surface area contributed by atoms with Gasteiger partial charge < -0.3 is 30.1 Å². The van der Waals surface area contributed by atoms with Crippen molar-refractivity contribution in [2.24, 2.45) is 11.5 Å². The highest BCUT2D eigenvalue weighted by molar-refractivity contribution is 9.10. The lowest BCUT2D eigenvalue weighted by molar-refractivity contribution is 0.0453. The van der Waals surface area contributed by atoms with Gasteiger partial charge in [0.25, 0.3) is 0 Å². The van der Waals surface area contributed by atoms with E-state index in [-0.39, 0.29) is 6.61 Å². The number of fused-ring (bicyclic) bond motifs is 1. The van der Waals surface area contributed by atoms with Crippen molar-refractivity contribution in [3.8, 4) is 5.75 Å². The van der Waals surface area contributed by atoms with Crippen molar-refractivity contribution >= 4 is 26.9 Å². The molecule has 0 aliphatic heterocycles. The molecule has 0 bridgehead atoms. The molecule has 0 fully saturated rings. The smallest absolute Gasteiger partial charge is 0.339 e. The van der Waals surface area contributed by atoms with Crippen LogP contribution in [0.2, 0.25) is 0 Å². The highest BCUT2D eigenvalue weighted by Gasteiger charge is 2.21. The molecule has 8 heteroatoms. The number of methoxy groups -OCH3 is 1. The first-order valence-corrected chi connectivity index (χ1v) is 9.13. The van der Waals surface area contributed by atoms with Crippen LogP contribution in [0.15, 0.2) is 19.8 Å². The molecule has 2 rings (SSSR count). The summed E-state index contributed by atoms with van der Waals surface area (Å²) in [6, 6.07) is 1.38. The van der Waals surface area contributed by atoms with Crippen molar-refractivity contribution < 1.29 is 18.6 Å². The summed E-state index contributed by atoms with van der Waals surface area (Å²) in [5.41, 5.74) is 13.7. The molecule has 0 amide bonds. The van der Waals surface area contributed by atoms with E-state index in [1.54, 1.807) is 14.0 Å². The summed E-state index contributed by atoms with van der Waals surface area (Å²) in [5.74, 6) is 0.623.